The standard InChI is InChI=1S/C16H16O2/c1-12(13-8-4-3-5-9-13)14-10-6-7-11-15(14)16(17)18-2/h3-12H,1-2H3. The fraction of sp³-hybridized carbons (Fsp3) is 0.188. The zero-order chi connectivity index (χ0) is 13.0. The third-order valence-corrected chi connectivity index (χ3v) is 3.13. The summed E-state index contributed by atoms with van der Waals surface area (Å²) in [5.74, 6) is -0.116. The number of hydrogen-bond acceptors (Lipinski definition) is 2. The third-order valence-electron chi connectivity index (χ3n) is 3.13. The van der Waals surface area contributed by atoms with Crippen LogP contribution in [-0.2, 0) is 4.74 Å². The van der Waals surface area contributed by atoms with E-state index in [1.807, 2.05) is 36.4 Å². The highest BCUT2D eigenvalue weighted by molar-refractivity contribution is 5.91. The van der Waals surface area contributed by atoms with Gasteiger partial charge in [0.1, 0.15) is 0 Å². The molecule has 1 atom stereocenters. The molecular weight excluding hydrogens is 224 g/mol. The van der Waals surface area contributed by atoms with Crippen LogP contribution in [0.3, 0.4) is 0 Å². The van der Waals surface area contributed by atoms with Crippen molar-refractivity contribution >= 4 is 5.97 Å². The molecule has 0 spiro atoms. The molecule has 0 aliphatic carbocycles. The Morgan fingerprint density at radius 3 is 2.28 bits per heavy atom. The van der Waals surface area contributed by atoms with E-state index in [1.165, 1.54) is 12.7 Å². The molecule has 0 saturated carbocycles. The Labute approximate surface area is 107 Å². The lowest BCUT2D eigenvalue weighted by Crippen LogP contribution is -2.08. The topological polar surface area (TPSA) is 26.3 Å². The van der Waals surface area contributed by atoms with Crippen LogP contribution in [0, 0.1) is 0 Å². The molecule has 2 heteroatoms. The summed E-state index contributed by atoms with van der Waals surface area (Å²) < 4.78 is 4.82. The lowest BCUT2D eigenvalue weighted by molar-refractivity contribution is 0.0599. The predicted molar refractivity (Wildman–Crippen MR) is 71.7 cm³/mol. The average Bonchev–Trinajstić information content (AvgIpc) is 2.46. The maximum atomic E-state index is 11.7. The highest BCUT2D eigenvalue weighted by atomic mass is 16.5. The molecule has 0 radical (unpaired) electrons. The van der Waals surface area contributed by atoms with Crippen LogP contribution in [0.2, 0.25) is 0 Å². The van der Waals surface area contributed by atoms with Crippen molar-refractivity contribution in [3.63, 3.8) is 0 Å². The van der Waals surface area contributed by atoms with Crippen molar-refractivity contribution in [1.29, 1.82) is 0 Å². The molecule has 92 valence electrons. The minimum absolute atomic E-state index is 0.168. The first-order chi connectivity index (χ1) is 8.74. The first-order valence-corrected chi connectivity index (χ1v) is 5.96. The van der Waals surface area contributed by atoms with Gasteiger partial charge in [-0.3, -0.25) is 0 Å². The number of esters is 1. The molecule has 2 rings (SSSR count). The van der Waals surface area contributed by atoms with Crippen LogP contribution in [0.1, 0.15) is 34.3 Å². The van der Waals surface area contributed by atoms with Gasteiger partial charge in [-0.25, -0.2) is 4.79 Å². The minimum atomic E-state index is -0.284. The van der Waals surface area contributed by atoms with Crippen LogP contribution in [0.25, 0.3) is 0 Å². The van der Waals surface area contributed by atoms with Gasteiger partial charge in [0.15, 0.2) is 0 Å². The second kappa shape index (κ2) is 5.50. The number of benzene rings is 2. The number of rotatable bonds is 3. The van der Waals surface area contributed by atoms with Gasteiger partial charge in [0, 0.05) is 5.92 Å². The lowest BCUT2D eigenvalue weighted by Gasteiger charge is -2.15. The van der Waals surface area contributed by atoms with Crippen LogP contribution in [-0.4, -0.2) is 13.1 Å². The van der Waals surface area contributed by atoms with E-state index < -0.39 is 0 Å². The van der Waals surface area contributed by atoms with Gasteiger partial charge >= 0.3 is 5.97 Å². The van der Waals surface area contributed by atoms with Crippen LogP contribution in [0.4, 0.5) is 0 Å². The van der Waals surface area contributed by atoms with Crippen molar-refractivity contribution in [3.8, 4) is 0 Å². The molecule has 0 heterocycles. The third kappa shape index (κ3) is 2.43. The van der Waals surface area contributed by atoms with E-state index in [1.54, 1.807) is 6.07 Å². The minimum Gasteiger partial charge on any atom is -0.465 e. The van der Waals surface area contributed by atoms with Gasteiger partial charge in [-0.1, -0.05) is 55.5 Å². The summed E-state index contributed by atoms with van der Waals surface area (Å²) in [6, 6.07) is 17.7. The normalized spacial score (nSPS) is 11.9. The molecule has 0 N–H and O–H groups in total. The van der Waals surface area contributed by atoms with Gasteiger partial charge in [-0.2, -0.15) is 0 Å². The molecule has 0 aliphatic rings. The van der Waals surface area contributed by atoms with E-state index in [4.69, 9.17) is 4.74 Å². The Balaban J connectivity index is 2.42. The molecule has 2 nitrogen and oxygen atoms in total. The first kappa shape index (κ1) is 12.4. The molecule has 1 unspecified atom stereocenters. The zero-order valence-corrected chi connectivity index (χ0v) is 10.6. The van der Waals surface area contributed by atoms with Gasteiger partial charge in [-0.15, -0.1) is 0 Å². The van der Waals surface area contributed by atoms with Gasteiger partial charge < -0.3 is 4.74 Å². The number of carbonyl (C=O) groups is 1. The van der Waals surface area contributed by atoms with Crippen molar-refractivity contribution in [2.45, 2.75) is 12.8 Å². The summed E-state index contributed by atoms with van der Waals surface area (Å²) in [4.78, 5) is 11.7. The van der Waals surface area contributed by atoms with Crippen LogP contribution >= 0.6 is 0 Å². The van der Waals surface area contributed by atoms with Crippen molar-refractivity contribution < 1.29 is 9.53 Å². The van der Waals surface area contributed by atoms with Crippen molar-refractivity contribution in [1.82, 2.24) is 0 Å². The van der Waals surface area contributed by atoms with Gasteiger partial charge in [0.25, 0.3) is 0 Å². The maximum Gasteiger partial charge on any atom is 0.338 e. The Morgan fingerprint density at radius 1 is 1.00 bits per heavy atom. The Morgan fingerprint density at radius 2 is 1.61 bits per heavy atom. The quantitative estimate of drug-likeness (QED) is 0.766. The van der Waals surface area contributed by atoms with Crippen LogP contribution in [0.5, 0.6) is 0 Å². The number of carbonyl (C=O) groups excluding carboxylic acids is 1. The van der Waals surface area contributed by atoms with E-state index in [-0.39, 0.29) is 11.9 Å². The SMILES string of the molecule is COC(=O)c1ccccc1C(C)c1ccccc1. The highest BCUT2D eigenvalue weighted by Gasteiger charge is 2.16. The Kier molecular flexibility index (Phi) is 3.78. The van der Waals surface area contributed by atoms with Crippen molar-refractivity contribution in [3.05, 3.63) is 71.3 Å². The molecule has 2 aromatic rings. The summed E-state index contributed by atoms with van der Waals surface area (Å²) in [5, 5.41) is 0. The van der Waals surface area contributed by atoms with E-state index in [0.717, 1.165) is 5.56 Å². The summed E-state index contributed by atoms with van der Waals surface area (Å²) >= 11 is 0. The molecule has 0 amide bonds. The zero-order valence-electron chi connectivity index (χ0n) is 10.6. The van der Waals surface area contributed by atoms with Gasteiger partial charge in [-0.05, 0) is 17.2 Å². The Bertz CT molecular complexity index is 532. The first-order valence-electron chi connectivity index (χ1n) is 5.96. The lowest BCUT2D eigenvalue weighted by atomic mass is 9.90. The van der Waals surface area contributed by atoms with E-state index in [0.29, 0.717) is 5.56 Å². The second-order valence-corrected chi connectivity index (χ2v) is 4.21. The van der Waals surface area contributed by atoms with Gasteiger partial charge in [0.2, 0.25) is 0 Å². The van der Waals surface area contributed by atoms with Crippen molar-refractivity contribution in [2.24, 2.45) is 0 Å². The van der Waals surface area contributed by atoms with Gasteiger partial charge in [0.05, 0.1) is 12.7 Å². The predicted octanol–water partition coefficient (Wildman–Crippen LogP) is 3.63. The molecule has 18 heavy (non-hydrogen) atoms. The maximum absolute atomic E-state index is 11.7. The molecular formula is C16H16O2. The molecule has 0 bridgehead atoms. The number of hydrogen-bond donors (Lipinski definition) is 0. The second-order valence-electron chi connectivity index (χ2n) is 4.21. The fourth-order valence-electron chi connectivity index (χ4n) is 2.09. The largest absolute Gasteiger partial charge is 0.465 e. The molecule has 0 saturated heterocycles. The summed E-state index contributed by atoms with van der Waals surface area (Å²) in [6.07, 6.45) is 0. The highest BCUT2D eigenvalue weighted by Crippen LogP contribution is 2.27. The summed E-state index contributed by atoms with van der Waals surface area (Å²) in [6.45, 7) is 2.09. The molecule has 0 fully saturated rings. The fourth-order valence-corrected chi connectivity index (χ4v) is 2.09. The Hall–Kier alpha value is -2.09. The summed E-state index contributed by atoms with van der Waals surface area (Å²) in [7, 11) is 1.41. The van der Waals surface area contributed by atoms with Crippen LogP contribution in [0.15, 0.2) is 54.6 Å². The monoisotopic (exact) mass is 240 g/mol. The summed E-state index contributed by atoms with van der Waals surface area (Å²) in [5.41, 5.74) is 2.82. The molecule has 2 aromatic carbocycles. The van der Waals surface area contributed by atoms with Crippen LogP contribution < -0.4 is 0 Å². The van der Waals surface area contributed by atoms with Crippen molar-refractivity contribution in [2.75, 3.05) is 7.11 Å². The van der Waals surface area contributed by atoms with E-state index >= 15 is 0 Å². The molecule has 0 aromatic heterocycles. The average molecular weight is 240 g/mol. The van der Waals surface area contributed by atoms with E-state index in [9.17, 15) is 4.79 Å². The molecule has 0 aliphatic heterocycles. The number of methoxy groups -OCH3 is 1. The number of ether oxygens (including phenoxy) is 1. The van der Waals surface area contributed by atoms with E-state index in [2.05, 4.69) is 19.1 Å². The smallest absolute Gasteiger partial charge is 0.338 e.